The van der Waals surface area contributed by atoms with Gasteiger partial charge >= 0.3 is 0 Å². The number of hydrogen-bond acceptors (Lipinski definition) is 8. The van der Waals surface area contributed by atoms with Gasteiger partial charge in [0, 0.05) is 22.7 Å². The number of carbonyl (C=O) groups excluding carboxylic acids is 1. The van der Waals surface area contributed by atoms with E-state index in [0.29, 0.717) is 11.4 Å². The topological polar surface area (TPSA) is 102 Å². The summed E-state index contributed by atoms with van der Waals surface area (Å²) >= 11 is 1.45. The quantitative estimate of drug-likeness (QED) is 0.497. The lowest BCUT2D eigenvalue weighted by Crippen LogP contribution is -2.34. The summed E-state index contributed by atoms with van der Waals surface area (Å²) in [6, 6.07) is 11.0. The van der Waals surface area contributed by atoms with E-state index in [4.69, 9.17) is 4.74 Å². The van der Waals surface area contributed by atoms with E-state index in [1.807, 2.05) is 18.2 Å². The predicted octanol–water partition coefficient (Wildman–Crippen LogP) is 3.53. The lowest BCUT2D eigenvalue weighted by Gasteiger charge is -2.23. The molecule has 8 nitrogen and oxygen atoms in total. The van der Waals surface area contributed by atoms with Crippen LogP contribution in [-0.2, 0) is 0 Å². The first-order valence-electron chi connectivity index (χ1n) is 10.1. The van der Waals surface area contributed by atoms with Gasteiger partial charge in [0.15, 0.2) is 0 Å². The summed E-state index contributed by atoms with van der Waals surface area (Å²) in [5, 5.41) is 15.8. The predicted molar refractivity (Wildman–Crippen MR) is 119 cm³/mol. The largest absolute Gasteiger partial charge is 0.490 e. The molecule has 0 unspecified atom stereocenters. The molecule has 1 aromatic carbocycles. The van der Waals surface area contributed by atoms with Crippen molar-refractivity contribution in [1.82, 2.24) is 25.5 Å². The van der Waals surface area contributed by atoms with Gasteiger partial charge in [-0.25, -0.2) is 4.98 Å². The van der Waals surface area contributed by atoms with Crippen molar-refractivity contribution in [3.8, 4) is 16.3 Å². The molecular formula is C22H20N6O2S. The highest BCUT2D eigenvalue weighted by atomic mass is 32.1. The van der Waals surface area contributed by atoms with Crippen LogP contribution in [0.3, 0.4) is 0 Å². The van der Waals surface area contributed by atoms with E-state index in [1.54, 1.807) is 36.1 Å². The van der Waals surface area contributed by atoms with Crippen LogP contribution in [0.1, 0.15) is 23.2 Å². The second-order valence-electron chi connectivity index (χ2n) is 7.28. The molecule has 0 radical (unpaired) electrons. The second kappa shape index (κ2) is 8.75. The third-order valence-corrected chi connectivity index (χ3v) is 5.86. The number of aromatic nitrogens is 4. The molecule has 3 aromatic heterocycles. The first-order chi connectivity index (χ1) is 15.2. The molecule has 9 heteroatoms. The summed E-state index contributed by atoms with van der Waals surface area (Å²) in [6.45, 7) is 1.95. The number of carbonyl (C=O) groups is 1. The zero-order chi connectivity index (χ0) is 21.0. The number of nitrogens with one attached hydrogen (secondary N) is 2. The Kier molecular flexibility index (Phi) is 5.51. The Hall–Kier alpha value is -3.43. The van der Waals surface area contributed by atoms with E-state index in [1.165, 1.54) is 11.3 Å². The van der Waals surface area contributed by atoms with Gasteiger partial charge in [-0.15, -0.1) is 10.2 Å². The van der Waals surface area contributed by atoms with Crippen molar-refractivity contribution >= 4 is 34.0 Å². The number of pyridine rings is 2. The van der Waals surface area contributed by atoms with E-state index in [2.05, 4.69) is 30.8 Å². The average Bonchev–Trinajstić information content (AvgIpc) is 3.35. The van der Waals surface area contributed by atoms with Gasteiger partial charge in [0.25, 0.3) is 5.91 Å². The maximum atomic E-state index is 12.7. The molecular weight excluding hydrogens is 412 g/mol. The smallest absolute Gasteiger partial charge is 0.256 e. The van der Waals surface area contributed by atoms with Gasteiger partial charge in [0.1, 0.15) is 28.2 Å². The Balaban J connectivity index is 1.29. The summed E-state index contributed by atoms with van der Waals surface area (Å²) in [4.78, 5) is 21.4. The summed E-state index contributed by atoms with van der Waals surface area (Å²) in [7, 11) is 0. The van der Waals surface area contributed by atoms with Gasteiger partial charge in [0.05, 0.1) is 11.7 Å². The number of fused-ring (bicyclic) bond motifs is 1. The first kappa shape index (κ1) is 19.5. The molecule has 4 heterocycles. The minimum Gasteiger partial charge on any atom is -0.490 e. The van der Waals surface area contributed by atoms with Gasteiger partial charge < -0.3 is 15.4 Å². The van der Waals surface area contributed by atoms with E-state index in [-0.39, 0.29) is 12.0 Å². The summed E-state index contributed by atoms with van der Waals surface area (Å²) in [6.07, 6.45) is 5.60. The minimum atomic E-state index is -0.228. The van der Waals surface area contributed by atoms with Crippen molar-refractivity contribution in [1.29, 1.82) is 0 Å². The average molecular weight is 433 g/mol. The van der Waals surface area contributed by atoms with Crippen LogP contribution in [0, 0.1) is 0 Å². The standard InChI is InChI=1S/C22H20N6O2S/c29-21(14-1-3-17(4-2-14)30-18-5-7-23-8-6-18)27-20-10-15-9-16(22-28-26-13-31-22)11-24-19(15)12-25-20/h1-4,9-13,18,23H,5-8H2,(H,25,27,29). The van der Waals surface area contributed by atoms with Crippen LogP contribution in [-0.4, -0.2) is 45.3 Å². The lowest BCUT2D eigenvalue weighted by atomic mass is 10.1. The summed E-state index contributed by atoms with van der Waals surface area (Å²) < 4.78 is 6.00. The fraction of sp³-hybridized carbons (Fsp3) is 0.227. The molecule has 1 saturated heterocycles. The van der Waals surface area contributed by atoms with Gasteiger partial charge in [0.2, 0.25) is 0 Å². The number of rotatable bonds is 5. The van der Waals surface area contributed by atoms with Crippen LogP contribution >= 0.6 is 11.3 Å². The second-order valence-corrected chi connectivity index (χ2v) is 8.11. The van der Waals surface area contributed by atoms with Crippen molar-refractivity contribution in [2.45, 2.75) is 18.9 Å². The van der Waals surface area contributed by atoms with Gasteiger partial charge in [-0.05, 0) is 62.3 Å². The van der Waals surface area contributed by atoms with Crippen LogP contribution in [0.4, 0.5) is 5.82 Å². The van der Waals surface area contributed by atoms with Gasteiger partial charge in [-0.1, -0.05) is 11.3 Å². The molecule has 2 N–H and O–H groups in total. The van der Waals surface area contributed by atoms with Crippen LogP contribution < -0.4 is 15.4 Å². The Morgan fingerprint density at radius 2 is 1.94 bits per heavy atom. The molecule has 0 bridgehead atoms. The Bertz CT molecular complexity index is 1190. The Morgan fingerprint density at radius 3 is 2.71 bits per heavy atom. The van der Waals surface area contributed by atoms with E-state index < -0.39 is 0 Å². The molecule has 0 spiro atoms. The Morgan fingerprint density at radius 1 is 1.10 bits per heavy atom. The molecule has 1 aliphatic rings. The molecule has 31 heavy (non-hydrogen) atoms. The number of anilines is 1. The number of amides is 1. The SMILES string of the molecule is O=C(Nc1cc2cc(-c3nncs3)cnc2cn1)c1ccc(OC2CCNCC2)cc1. The maximum absolute atomic E-state index is 12.7. The molecule has 1 fully saturated rings. The molecule has 5 rings (SSSR count). The fourth-order valence-corrected chi connectivity index (χ4v) is 4.03. The Labute approximate surface area is 182 Å². The third kappa shape index (κ3) is 4.52. The number of ether oxygens (including phenoxy) is 1. The molecule has 0 atom stereocenters. The van der Waals surface area contributed by atoms with Crippen LogP contribution in [0.15, 0.2) is 54.3 Å². The van der Waals surface area contributed by atoms with E-state index >= 15 is 0 Å². The van der Waals surface area contributed by atoms with Crippen molar-refractivity contribution in [2.75, 3.05) is 18.4 Å². The first-order valence-corrected chi connectivity index (χ1v) is 10.9. The molecule has 0 aliphatic carbocycles. The third-order valence-electron chi connectivity index (χ3n) is 5.12. The molecule has 4 aromatic rings. The summed E-state index contributed by atoms with van der Waals surface area (Å²) in [5.74, 6) is 1.01. The molecule has 0 saturated carbocycles. The highest BCUT2D eigenvalue weighted by Gasteiger charge is 2.15. The van der Waals surface area contributed by atoms with Gasteiger partial charge in [-0.3, -0.25) is 9.78 Å². The van der Waals surface area contributed by atoms with Crippen LogP contribution in [0.5, 0.6) is 5.75 Å². The summed E-state index contributed by atoms with van der Waals surface area (Å²) in [5.41, 5.74) is 3.84. The van der Waals surface area contributed by atoms with Crippen molar-refractivity contribution in [2.24, 2.45) is 0 Å². The monoisotopic (exact) mass is 432 g/mol. The highest BCUT2D eigenvalue weighted by Crippen LogP contribution is 2.25. The zero-order valence-corrected chi connectivity index (χ0v) is 17.4. The van der Waals surface area contributed by atoms with Crippen LogP contribution in [0.2, 0.25) is 0 Å². The molecule has 1 amide bonds. The maximum Gasteiger partial charge on any atom is 0.256 e. The molecule has 156 valence electrons. The van der Waals surface area contributed by atoms with Crippen molar-refractivity contribution in [3.63, 3.8) is 0 Å². The number of hydrogen-bond donors (Lipinski definition) is 2. The number of nitrogens with zero attached hydrogens (tertiary/aromatic N) is 4. The number of piperidine rings is 1. The zero-order valence-electron chi connectivity index (χ0n) is 16.6. The minimum absolute atomic E-state index is 0.224. The van der Waals surface area contributed by atoms with Crippen LogP contribution in [0.25, 0.3) is 21.5 Å². The number of benzene rings is 1. The normalized spacial score (nSPS) is 14.5. The van der Waals surface area contributed by atoms with Crippen molar-refractivity contribution in [3.05, 3.63) is 59.9 Å². The van der Waals surface area contributed by atoms with Gasteiger partial charge in [-0.2, -0.15) is 0 Å². The fourth-order valence-electron chi connectivity index (χ4n) is 3.49. The lowest BCUT2D eigenvalue weighted by molar-refractivity contribution is 0.102. The highest BCUT2D eigenvalue weighted by molar-refractivity contribution is 7.12. The van der Waals surface area contributed by atoms with E-state index in [9.17, 15) is 4.79 Å². The van der Waals surface area contributed by atoms with Crippen molar-refractivity contribution < 1.29 is 9.53 Å². The molecule has 1 aliphatic heterocycles. The van der Waals surface area contributed by atoms with E-state index in [0.717, 1.165) is 53.2 Å².